The van der Waals surface area contributed by atoms with Crippen LogP contribution in [0.1, 0.15) is 40.4 Å². The summed E-state index contributed by atoms with van der Waals surface area (Å²) >= 11 is 0. The number of nitrogens with zero attached hydrogens (tertiary/aromatic N) is 3. The van der Waals surface area contributed by atoms with E-state index in [1.165, 1.54) is 0 Å². The molecule has 0 atom stereocenters. The van der Waals surface area contributed by atoms with E-state index in [9.17, 15) is 4.79 Å². The van der Waals surface area contributed by atoms with Gasteiger partial charge in [-0.2, -0.15) is 0 Å². The number of aromatic nitrogens is 2. The fourth-order valence-electron chi connectivity index (χ4n) is 4.64. The first-order valence-electron chi connectivity index (χ1n) is 11.5. The molecular weight excluding hydrogens is 432 g/mol. The molecular formula is C26H28N4O4. The van der Waals surface area contributed by atoms with Gasteiger partial charge in [0.2, 0.25) is 0 Å². The van der Waals surface area contributed by atoms with Crippen molar-refractivity contribution in [1.29, 1.82) is 0 Å². The summed E-state index contributed by atoms with van der Waals surface area (Å²) in [7, 11) is 1.67. The van der Waals surface area contributed by atoms with E-state index in [-0.39, 0.29) is 11.9 Å². The third-order valence-electron chi connectivity index (χ3n) is 6.45. The summed E-state index contributed by atoms with van der Waals surface area (Å²) in [6.45, 7) is 7.34. The van der Waals surface area contributed by atoms with E-state index in [1.54, 1.807) is 7.11 Å². The summed E-state index contributed by atoms with van der Waals surface area (Å²) in [5.74, 6) is 2.25. The first-order valence-corrected chi connectivity index (χ1v) is 11.5. The molecule has 1 aliphatic heterocycles. The average molecular weight is 461 g/mol. The largest absolute Gasteiger partial charge is 0.497 e. The molecule has 34 heavy (non-hydrogen) atoms. The van der Waals surface area contributed by atoms with Gasteiger partial charge in [0.25, 0.3) is 11.6 Å². The van der Waals surface area contributed by atoms with Crippen LogP contribution in [0, 0.1) is 20.8 Å². The van der Waals surface area contributed by atoms with E-state index in [1.807, 2.05) is 45.0 Å². The molecule has 1 fully saturated rings. The monoisotopic (exact) mass is 460 g/mol. The van der Waals surface area contributed by atoms with Gasteiger partial charge in [-0.25, -0.2) is 4.98 Å². The molecule has 1 aliphatic rings. The third kappa shape index (κ3) is 4.11. The highest BCUT2D eigenvalue weighted by atomic mass is 16.5. The Kier molecular flexibility index (Phi) is 5.73. The number of rotatable bonds is 5. The smallest absolute Gasteiger partial charge is 0.259 e. The molecule has 1 saturated heterocycles. The van der Waals surface area contributed by atoms with Gasteiger partial charge in [-0.3, -0.25) is 4.79 Å². The first kappa shape index (κ1) is 22.0. The highest BCUT2D eigenvalue weighted by Crippen LogP contribution is 2.31. The maximum absolute atomic E-state index is 13.4. The Balaban J connectivity index is 1.34. The number of ether oxygens (including phenoxy) is 1. The van der Waals surface area contributed by atoms with Gasteiger partial charge in [-0.05, 0) is 70.0 Å². The molecule has 0 unspecified atom stereocenters. The van der Waals surface area contributed by atoms with Crippen molar-refractivity contribution in [3.8, 4) is 17.0 Å². The summed E-state index contributed by atoms with van der Waals surface area (Å²) in [6, 6.07) is 11.9. The van der Waals surface area contributed by atoms with Gasteiger partial charge in [-0.1, -0.05) is 5.16 Å². The molecule has 0 bridgehead atoms. The second-order valence-corrected chi connectivity index (χ2v) is 8.76. The molecule has 8 heteroatoms. The number of hydrogen-bond donors (Lipinski definition) is 1. The maximum atomic E-state index is 13.4. The van der Waals surface area contributed by atoms with Gasteiger partial charge in [0, 0.05) is 30.4 Å². The summed E-state index contributed by atoms with van der Waals surface area (Å²) in [6.07, 6.45) is 1.73. The molecule has 0 spiro atoms. The Morgan fingerprint density at radius 2 is 1.85 bits per heavy atom. The summed E-state index contributed by atoms with van der Waals surface area (Å²) in [5, 5.41) is 7.92. The van der Waals surface area contributed by atoms with E-state index in [2.05, 4.69) is 32.5 Å². The van der Waals surface area contributed by atoms with Gasteiger partial charge in [0.15, 0.2) is 0 Å². The zero-order chi connectivity index (χ0) is 23.8. The third-order valence-corrected chi connectivity index (χ3v) is 6.45. The van der Waals surface area contributed by atoms with Gasteiger partial charge < -0.3 is 23.9 Å². The van der Waals surface area contributed by atoms with Crippen LogP contribution < -0.4 is 15.0 Å². The van der Waals surface area contributed by atoms with Gasteiger partial charge in [0.05, 0.1) is 29.4 Å². The lowest BCUT2D eigenvalue weighted by Crippen LogP contribution is -2.44. The molecule has 3 aromatic heterocycles. The SMILES string of the molecule is COc1ccc(N2CCC(NC(=O)c3cc(-c4cc(C)oc4C)nc4onc(C)c34)CC2)cc1. The van der Waals surface area contributed by atoms with E-state index < -0.39 is 0 Å². The number of furan rings is 1. The molecule has 8 nitrogen and oxygen atoms in total. The number of pyridine rings is 1. The Morgan fingerprint density at radius 3 is 2.50 bits per heavy atom. The van der Waals surface area contributed by atoms with Crippen molar-refractivity contribution in [2.75, 3.05) is 25.1 Å². The minimum absolute atomic E-state index is 0.0896. The van der Waals surface area contributed by atoms with Crippen molar-refractivity contribution in [3.63, 3.8) is 0 Å². The molecule has 1 aromatic carbocycles. The number of piperidine rings is 1. The number of carbonyl (C=O) groups is 1. The first-order chi connectivity index (χ1) is 16.4. The zero-order valence-electron chi connectivity index (χ0n) is 19.8. The molecule has 4 aromatic rings. The molecule has 0 aliphatic carbocycles. The standard InChI is InChI=1S/C26H28N4O4/c1-15-13-21(17(3)33-15)23-14-22(24-16(2)29-34-26(24)28-23)25(31)27-18-9-11-30(12-10-18)19-5-7-20(32-4)8-6-19/h5-8,13-14,18H,9-12H2,1-4H3,(H,27,31). The minimum atomic E-state index is -0.138. The zero-order valence-corrected chi connectivity index (χ0v) is 19.8. The maximum Gasteiger partial charge on any atom is 0.259 e. The molecule has 1 N–H and O–H groups in total. The lowest BCUT2D eigenvalue weighted by molar-refractivity contribution is 0.0932. The Bertz CT molecular complexity index is 1330. The fraction of sp³-hybridized carbons (Fsp3) is 0.346. The number of nitrogens with one attached hydrogen (secondary N) is 1. The van der Waals surface area contributed by atoms with Crippen LogP contribution in [0.5, 0.6) is 5.75 Å². The molecule has 0 saturated carbocycles. The second-order valence-electron chi connectivity index (χ2n) is 8.76. The molecule has 0 radical (unpaired) electrons. The number of amides is 1. The number of methoxy groups -OCH3 is 1. The van der Waals surface area contributed by atoms with Gasteiger partial charge in [-0.15, -0.1) is 0 Å². The van der Waals surface area contributed by atoms with E-state index in [0.717, 1.165) is 54.5 Å². The van der Waals surface area contributed by atoms with Crippen LogP contribution in [0.25, 0.3) is 22.4 Å². The molecule has 1 amide bonds. The molecule has 176 valence electrons. The predicted octanol–water partition coefficient (Wildman–Crippen LogP) is 4.82. The summed E-state index contributed by atoms with van der Waals surface area (Å²) in [4.78, 5) is 20.3. The van der Waals surface area contributed by atoms with Crippen LogP contribution in [-0.4, -0.2) is 42.3 Å². The van der Waals surface area contributed by atoms with Crippen LogP contribution in [0.3, 0.4) is 0 Å². The lowest BCUT2D eigenvalue weighted by atomic mass is 10.0. The van der Waals surface area contributed by atoms with Crippen LogP contribution in [0.15, 0.2) is 45.3 Å². The minimum Gasteiger partial charge on any atom is -0.497 e. The topological polar surface area (TPSA) is 93.6 Å². The lowest BCUT2D eigenvalue weighted by Gasteiger charge is -2.34. The van der Waals surface area contributed by atoms with Gasteiger partial charge >= 0.3 is 0 Å². The van der Waals surface area contributed by atoms with Crippen molar-refractivity contribution in [3.05, 3.63) is 59.2 Å². The van der Waals surface area contributed by atoms with E-state index in [4.69, 9.17) is 13.7 Å². The normalized spacial score (nSPS) is 14.5. The second kappa shape index (κ2) is 8.85. The number of fused-ring (bicyclic) bond motifs is 1. The number of aryl methyl sites for hydroxylation is 3. The fourth-order valence-corrected chi connectivity index (χ4v) is 4.64. The Hall–Kier alpha value is -3.81. The summed E-state index contributed by atoms with van der Waals surface area (Å²) < 4.78 is 16.3. The average Bonchev–Trinajstić information content (AvgIpc) is 3.39. The van der Waals surface area contributed by atoms with Crippen molar-refractivity contribution in [1.82, 2.24) is 15.5 Å². The highest BCUT2D eigenvalue weighted by Gasteiger charge is 2.25. The van der Waals surface area contributed by atoms with Crippen molar-refractivity contribution < 1.29 is 18.5 Å². The van der Waals surface area contributed by atoms with Crippen molar-refractivity contribution in [2.45, 2.75) is 39.7 Å². The van der Waals surface area contributed by atoms with Crippen molar-refractivity contribution >= 4 is 22.7 Å². The van der Waals surface area contributed by atoms with E-state index >= 15 is 0 Å². The quantitative estimate of drug-likeness (QED) is 0.456. The van der Waals surface area contributed by atoms with Crippen LogP contribution in [-0.2, 0) is 0 Å². The van der Waals surface area contributed by atoms with Crippen LogP contribution >= 0.6 is 0 Å². The predicted molar refractivity (Wildman–Crippen MR) is 129 cm³/mol. The van der Waals surface area contributed by atoms with Gasteiger partial charge in [0.1, 0.15) is 17.3 Å². The Labute approximate surface area is 197 Å². The molecule has 5 rings (SSSR count). The van der Waals surface area contributed by atoms with E-state index in [0.29, 0.717) is 28.1 Å². The molecule has 4 heterocycles. The number of anilines is 1. The number of hydrogen-bond acceptors (Lipinski definition) is 7. The summed E-state index contributed by atoms with van der Waals surface area (Å²) in [5.41, 5.74) is 4.17. The number of benzene rings is 1. The van der Waals surface area contributed by atoms with Crippen LogP contribution in [0.2, 0.25) is 0 Å². The van der Waals surface area contributed by atoms with Crippen LogP contribution in [0.4, 0.5) is 5.69 Å². The number of carbonyl (C=O) groups excluding carboxylic acids is 1. The Morgan fingerprint density at radius 1 is 1.12 bits per heavy atom. The van der Waals surface area contributed by atoms with Crippen molar-refractivity contribution in [2.24, 2.45) is 0 Å². The highest BCUT2D eigenvalue weighted by molar-refractivity contribution is 6.07.